The summed E-state index contributed by atoms with van der Waals surface area (Å²) in [5.41, 5.74) is 0.618. The smallest absolute Gasteiger partial charge is 0.267 e. The van der Waals surface area contributed by atoms with E-state index >= 15 is 0 Å². The summed E-state index contributed by atoms with van der Waals surface area (Å²) < 4.78 is 1.36. The fourth-order valence-corrected chi connectivity index (χ4v) is 1.11. The predicted molar refractivity (Wildman–Crippen MR) is 62.4 cm³/mol. The van der Waals surface area contributed by atoms with Crippen LogP contribution in [0.2, 0.25) is 0 Å². The topological polar surface area (TPSA) is 34.9 Å². The molecule has 15 heavy (non-hydrogen) atoms. The van der Waals surface area contributed by atoms with E-state index in [1.165, 1.54) is 10.7 Å². The minimum Gasteiger partial charge on any atom is -0.267 e. The summed E-state index contributed by atoms with van der Waals surface area (Å²) in [4.78, 5) is 11.5. The average Bonchev–Trinajstić information content (AvgIpc) is 2.25. The summed E-state index contributed by atoms with van der Waals surface area (Å²) in [5, 5.41) is 4.00. The van der Waals surface area contributed by atoms with E-state index in [1.807, 2.05) is 44.2 Å². The second-order valence-corrected chi connectivity index (χ2v) is 2.89. The summed E-state index contributed by atoms with van der Waals surface area (Å²) in [7, 11) is 0. The molecule has 0 fully saturated rings. The van der Waals surface area contributed by atoms with Crippen LogP contribution in [0.3, 0.4) is 0 Å². The lowest BCUT2D eigenvalue weighted by atomic mass is 10.3. The lowest BCUT2D eigenvalue weighted by Crippen LogP contribution is -2.19. The van der Waals surface area contributed by atoms with Gasteiger partial charge in [-0.1, -0.05) is 18.2 Å². The van der Waals surface area contributed by atoms with Gasteiger partial charge in [0.05, 0.1) is 5.70 Å². The van der Waals surface area contributed by atoms with Crippen molar-refractivity contribution in [3.05, 3.63) is 59.1 Å². The van der Waals surface area contributed by atoms with E-state index < -0.39 is 0 Å². The molecule has 1 heterocycles. The Hall–Kier alpha value is -1.90. The number of rotatable bonds is 3. The van der Waals surface area contributed by atoms with Crippen LogP contribution in [0.4, 0.5) is 0 Å². The van der Waals surface area contributed by atoms with Crippen LogP contribution in [0, 0.1) is 0 Å². The zero-order valence-corrected chi connectivity index (χ0v) is 8.92. The molecule has 0 aliphatic carbocycles. The Morgan fingerprint density at radius 2 is 2.20 bits per heavy atom. The Labute approximate surface area is 89.1 Å². The average molecular weight is 202 g/mol. The number of aromatic nitrogens is 2. The van der Waals surface area contributed by atoms with Crippen molar-refractivity contribution in [1.82, 2.24) is 9.78 Å². The molecule has 3 heteroatoms. The van der Waals surface area contributed by atoms with E-state index in [9.17, 15) is 4.79 Å². The normalized spacial score (nSPS) is 12.8. The number of hydrogen-bond acceptors (Lipinski definition) is 2. The highest BCUT2D eigenvalue weighted by Crippen LogP contribution is 2.01. The lowest BCUT2D eigenvalue weighted by Gasteiger charge is -2.02. The minimum absolute atomic E-state index is 0.133. The van der Waals surface area contributed by atoms with Crippen molar-refractivity contribution in [3.63, 3.8) is 0 Å². The third-order valence-electron chi connectivity index (χ3n) is 1.76. The molecule has 0 aliphatic heterocycles. The van der Waals surface area contributed by atoms with E-state index in [0.29, 0.717) is 0 Å². The third-order valence-corrected chi connectivity index (χ3v) is 1.76. The van der Waals surface area contributed by atoms with Gasteiger partial charge >= 0.3 is 0 Å². The van der Waals surface area contributed by atoms with Gasteiger partial charge in [0.15, 0.2) is 0 Å². The largest absolute Gasteiger partial charge is 0.271 e. The SMILES string of the molecule is C\C=C/C=C(\C=C/C)n1ncccc1=O. The number of hydrogen-bond donors (Lipinski definition) is 0. The van der Waals surface area contributed by atoms with Gasteiger partial charge in [0, 0.05) is 12.3 Å². The molecule has 0 saturated heterocycles. The van der Waals surface area contributed by atoms with E-state index in [4.69, 9.17) is 0 Å². The Morgan fingerprint density at radius 1 is 1.40 bits per heavy atom. The highest BCUT2D eigenvalue weighted by atomic mass is 16.1. The molecule has 0 radical (unpaired) electrons. The highest BCUT2D eigenvalue weighted by molar-refractivity contribution is 5.57. The van der Waals surface area contributed by atoms with Gasteiger partial charge < -0.3 is 0 Å². The Bertz CT molecular complexity index is 453. The number of nitrogens with zero attached hydrogens (tertiary/aromatic N) is 2. The van der Waals surface area contributed by atoms with Gasteiger partial charge in [0.1, 0.15) is 0 Å². The van der Waals surface area contributed by atoms with Crippen molar-refractivity contribution in [2.24, 2.45) is 0 Å². The molecule has 1 aromatic rings. The Morgan fingerprint density at radius 3 is 2.80 bits per heavy atom. The molecule has 3 nitrogen and oxygen atoms in total. The van der Waals surface area contributed by atoms with Gasteiger partial charge in [0.2, 0.25) is 0 Å². The molecule has 0 amide bonds. The van der Waals surface area contributed by atoms with E-state index in [-0.39, 0.29) is 5.56 Å². The first kappa shape index (κ1) is 11.2. The minimum atomic E-state index is -0.133. The molecule has 0 aromatic carbocycles. The first-order chi connectivity index (χ1) is 7.29. The Kier molecular flexibility index (Phi) is 4.29. The fourth-order valence-electron chi connectivity index (χ4n) is 1.11. The van der Waals surface area contributed by atoms with Crippen LogP contribution in [-0.4, -0.2) is 9.78 Å². The monoisotopic (exact) mass is 202 g/mol. The Balaban J connectivity index is 3.22. The summed E-state index contributed by atoms with van der Waals surface area (Å²) in [6.45, 7) is 3.82. The summed E-state index contributed by atoms with van der Waals surface area (Å²) in [5.74, 6) is 0. The maximum atomic E-state index is 11.5. The fraction of sp³-hybridized carbons (Fsp3) is 0.167. The van der Waals surface area contributed by atoms with Crippen molar-refractivity contribution in [2.45, 2.75) is 13.8 Å². The second-order valence-electron chi connectivity index (χ2n) is 2.89. The van der Waals surface area contributed by atoms with E-state index in [2.05, 4.69) is 5.10 Å². The molecule has 0 unspecified atom stereocenters. The van der Waals surface area contributed by atoms with Crippen molar-refractivity contribution in [1.29, 1.82) is 0 Å². The van der Waals surface area contributed by atoms with E-state index in [1.54, 1.807) is 12.3 Å². The quantitative estimate of drug-likeness (QED) is 0.704. The summed E-state index contributed by atoms with van der Waals surface area (Å²) in [6, 6.07) is 3.11. The second kappa shape index (κ2) is 5.75. The van der Waals surface area contributed by atoms with Gasteiger partial charge in [0.25, 0.3) is 5.56 Å². The maximum Gasteiger partial charge on any atom is 0.271 e. The van der Waals surface area contributed by atoms with Crippen LogP contribution >= 0.6 is 0 Å². The molecule has 0 spiro atoms. The van der Waals surface area contributed by atoms with Crippen molar-refractivity contribution < 1.29 is 0 Å². The molecule has 1 rings (SSSR count). The van der Waals surface area contributed by atoms with Crippen LogP contribution in [0.5, 0.6) is 0 Å². The van der Waals surface area contributed by atoms with Crippen LogP contribution in [0.15, 0.2) is 53.5 Å². The zero-order valence-electron chi connectivity index (χ0n) is 8.92. The molecule has 0 N–H and O–H groups in total. The molecule has 0 atom stereocenters. The highest BCUT2D eigenvalue weighted by Gasteiger charge is 1.97. The third kappa shape index (κ3) is 3.06. The van der Waals surface area contributed by atoms with E-state index in [0.717, 1.165) is 5.70 Å². The molecule has 78 valence electrons. The van der Waals surface area contributed by atoms with Gasteiger partial charge in [-0.05, 0) is 32.1 Å². The molecule has 0 aliphatic rings. The first-order valence-electron chi connectivity index (χ1n) is 4.80. The zero-order chi connectivity index (χ0) is 11.1. The maximum absolute atomic E-state index is 11.5. The van der Waals surface area contributed by atoms with Crippen molar-refractivity contribution >= 4 is 5.70 Å². The predicted octanol–water partition coefficient (Wildman–Crippen LogP) is 2.24. The molecule has 0 bridgehead atoms. The van der Waals surface area contributed by atoms with Gasteiger partial charge in [-0.25, -0.2) is 0 Å². The molecular weight excluding hydrogens is 188 g/mol. The van der Waals surface area contributed by atoms with Crippen LogP contribution in [0.1, 0.15) is 13.8 Å². The molecular formula is C12H14N2O. The van der Waals surface area contributed by atoms with Crippen LogP contribution in [0.25, 0.3) is 5.70 Å². The van der Waals surface area contributed by atoms with Gasteiger partial charge in [-0.2, -0.15) is 9.78 Å². The summed E-state index contributed by atoms with van der Waals surface area (Å²) in [6.07, 6.45) is 10.9. The molecule has 1 aromatic heterocycles. The van der Waals surface area contributed by atoms with Gasteiger partial charge in [-0.15, -0.1) is 0 Å². The summed E-state index contributed by atoms with van der Waals surface area (Å²) >= 11 is 0. The van der Waals surface area contributed by atoms with Crippen molar-refractivity contribution in [3.8, 4) is 0 Å². The number of allylic oxidation sites excluding steroid dienone is 6. The standard InChI is InChI=1S/C12H14N2O/c1-3-5-8-11(7-4-2)14-12(15)9-6-10-13-14/h3-10H,1-2H3/b5-3-,7-4-,11-8+. The van der Waals surface area contributed by atoms with Crippen LogP contribution in [-0.2, 0) is 0 Å². The molecule has 0 saturated carbocycles. The van der Waals surface area contributed by atoms with Crippen molar-refractivity contribution in [2.75, 3.05) is 0 Å². The lowest BCUT2D eigenvalue weighted by molar-refractivity contribution is 0.831. The first-order valence-corrected chi connectivity index (χ1v) is 4.80. The van der Waals surface area contributed by atoms with Gasteiger partial charge in [-0.3, -0.25) is 4.79 Å². The van der Waals surface area contributed by atoms with Crippen LogP contribution < -0.4 is 5.56 Å².